The maximum atomic E-state index is 13.4. The summed E-state index contributed by atoms with van der Waals surface area (Å²) in [5.41, 5.74) is 3.73. The number of hydrogen-bond donors (Lipinski definition) is 1. The molecule has 6 heteroatoms. The molecule has 2 aliphatic heterocycles. The van der Waals surface area contributed by atoms with Crippen molar-refractivity contribution in [1.82, 2.24) is 10.2 Å². The summed E-state index contributed by atoms with van der Waals surface area (Å²) in [5, 5.41) is 2.85. The van der Waals surface area contributed by atoms with E-state index in [1.54, 1.807) is 0 Å². The first-order chi connectivity index (χ1) is 13.7. The van der Waals surface area contributed by atoms with Gasteiger partial charge in [0.25, 0.3) is 5.91 Å². The van der Waals surface area contributed by atoms with Crippen LogP contribution in [0.2, 0.25) is 0 Å². The van der Waals surface area contributed by atoms with Crippen molar-refractivity contribution in [2.45, 2.75) is 39.5 Å². The van der Waals surface area contributed by atoms with Gasteiger partial charge in [-0.05, 0) is 24.3 Å². The SMILES string of the molecule is COC(=O)C1=C2C(=O)NCCN2C2=C(C(=O)CC(C)(C)C2)[C@@H]1c1cccc(C)c1. The maximum absolute atomic E-state index is 13.4. The Morgan fingerprint density at radius 2 is 2.00 bits per heavy atom. The highest BCUT2D eigenvalue weighted by atomic mass is 16.5. The number of amides is 1. The minimum Gasteiger partial charge on any atom is -0.466 e. The van der Waals surface area contributed by atoms with E-state index in [2.05, 4.69) is 19.2 Å². The number of benzene rings is 1. The molecule has 1 amide bonds. The van der Waals surface area contributed by atoms with Gasteiger partial charge in [-0.15, -0.1) is 0 Å². The number of piperazine rings is 1. The van der Waals surface area contributed by atoms with Crippen LogP contribution in [0.15, 0.2) is 46.8 Å². The lowest BCUT2D eigenvalue weighted by Gasteiger charge is -2.46. The van der Waals surface area contributed by atoms with E-state index >= 15 is 0 Å². The third kappa shape index (κ3) is 3.16. The Kier molecular flexibility index (Phi) is 4.60. The molecule has 29 heavy (non-hydrogen) atoms. The van der Waals surface area contributed by atoms with Crippen LogP contribution in [-0.2, 0) is 19.1 Å². The number of methoxy groups -OCH3 is 1. The minimum absolute atomic E-state index is 0.0363. The van der Waals surface area contributed by atoms with Crippen molar-refractivity contribution < 1.29 is 19.1 Å². The molecule has 152 valence electrons. The molecule has 1 atom stereocenters. The average molecular weight is 394 g/mol. The van der Waals surface area contributed by atoms with Gasteiger partial charge in [-0.1, -0.05) is 43.7 Å². The number of rotatable bonds is 2. The smallest absolute Gasteiger partial charge is 0.337 e. The van der Waals surface area contributed by atoms with E-state index < -0.39 is 11.9 Å². The van der Waals surface area contributed by atoms with E-state index in [4.69, 9.17) is 4.74 Å². The van der Waals surface area contributed by atoms with Crippen molar-refractivity contribution in [3.63, 3.8) is 0 Å². The Balaban J connectivity index is 2.03. The molecule has 0 radical (unpaired) electrons. The monoisotopic (exact) mass is 394 g/mol. The number of ether oxygens (including phenoxy) is 1. The summed E-state index contributed by atoms with van der Waals surface area (Å²) in [5.74, 6) is -1.43. The van der Waals surface area contributed by atoms with Crippen LogP contribution in [0, 0.1) is 12.3 Å². The summed E-state index contributed by atoms with van der Waals surface area (Å²) in [6.07, 6.45) is 1.10. The Morgan fingerprint density at radius 1 is 1.24 bits per heavy atom. The van der Waals surface area contributed by atoms with Gasteiger partial charge in [-0.3, -0.25) is 9.59 Å². The van der Waals surface area contributed by atoms with Gasteiger partial charge in [0.2, 0.25) is 0 Å². The highest BCUT2D eigenvalue weighted by molar-refractivity contribution is 6.09. The van der Waals surface area contributed by atoms with Gasteiger partial charge >= 0.3 is 5.97 Å². The second kappa shape index (κ2) is 6.87. The third-order valence-corrected chi connectivity index (χ3v) is 5.94. The maximum Gasteiger partial charge on any atom is 0.337 e. The van der Waals surface area contributed by atoms with Crippen LogP contribution in [-0.4, -0.2) is 42.8 Å². The fourth-order valence-electron chi connectivity index (χ4n) is 4.80. The molecule has 1 aromatic carbocycles. The van der Waals surface area contributed by atoms with Crippen LogP contribution >= 0.6 is 0 Å². The van der Waals surface area contributed by atoms with E-state index in [9.17, 15) is 14.4 Å². The zero-order chi connectivity index (χ0) is 20.9. The topological polar surface area (TPSA) is 75.7 Å². The standard InChI is InChI=1S/C23H26N2O4/c1-13-6-5-7-14(10-13)17-18-15(11-23(2,3)12-16(18)26)25-9-8-24-21(27)20(25)19(17)22(28)29-4/h5-7,10,17H,8-9,11-12H2,1-4H3,(H,24,27)/t17-/m0/s1. The minimum atomic E-state index is -0.601. The number of fused-ring (bicyclic) bond motifs is 2. The first-order valence-corrected chi connectivity index (χ1v) is 9.94. The molecule has 0 bridgehead atoms. The molecule has 0 spiro atoms. The summed E-state index contributed by atoms with van der Waals surface area (Å²) in [6, 6.07) is 7.77. The quantitative estimate of drug-likeness (QED) is 0.781. The van der Waals surface area contributed by atoms with Crippen LogP contribution < -0.4 is 5.32 Å². The van der Waals surface area contributed by atoms with Crippen LogP contribution in [0.4, 0.5) is 0 Å². The molecule has 0 aromatic heterocycles. The number of hydrogen-bond acceptors (Lipinski definition) is 5. The second-order valence-corrected chi connectivity index (χ2v) is 8.81. The predicted molar refractivity (Wildman–Crippen MR) is 108 cm³/mol. The van der Waals surface area contributed by atoms with Crippen molar-refractivity contribution in [3.05, 3.63) is 57.9 Å². The van der Waals surface area contributed by atoms with Gasteiger partial charge in [0, 0.05) is 36.7 Å². The van der Waals surface area contributed by atoms with Gasteiger partial charge in [-0.2, -0.15) is 0 Å². The number of nitrogens with zero attached hydrogens (tertiary/aromatic N) is 1. The predicted octanol–water partition coefficient (Wildman–Crippen LogP) is 2.59. The van der Waals surface area contributed by atoms with Gasteiger partial charge in [-0.25, -0.2) is 4.79 Å². The summed E-state index contributed by atoms with van der Waals surface area (Å²) in [7, 11) is 1.31. The van der Waals surface area contributed by atoms with Crippen molar-refractivity contribution in [3.8, 4) is 0 Å². The van der Waals surface area contributed by atoms with Gasteiger partial charge in [0.15, 0.2) is 5.78 Å². The van der Waals surface area contributed by atoms with Gasteiger partial charge in [0.05, 0.1) is 12.7 Å². The molecule has 3 aliphatic rings. The fraction of sp³-hybridized carbons (Fsp3) is 0.435. The first kappa shape index (κ1) is 19.4. The van der Waals surface area contributed by atoms with Crippen LogP contribution in [0.1, 0.15) is 43.7 Å². The lowest BCUT2D eigenvalue weighted by molar-refractivity contribution is -0.137. The molecule has 1 aliphatic carbocycles. The molecular formula is C23H26N2O4. The van der Waals surface area contributed by atoms with E-state index in [-0.39, 0.29) is 22.7 Å². The highest BCUT2D eigenvalue weighted by Crippen LogP contribution is 2.50. The number of allylic oxidation sites excluding steroid dienone is 2. The molecule has 0 unspecified atom stereocenters. The lowest BCUT2D eigenvalue weighted by atomic mass is 9.67. The van der Waals surface area contributed by atoms with Crippen LogP contribution in [0.3, 0.4) is 0 Å². The number of esters is 1. The molecular weight excluding hydrogens is 368 g/mol. The second-order valence-electron chi connectivity index (χ2n) is 8.81. The molecule has 1 fully saturated rings. The van der Waals surface area contributed by atoms with E-state index in [1.165, 1.54) is 7.11 Å². The van der Waals surface area contributed by atoms with E-state index in [1.807, 2.05) is 36.1 Å². The Bertz CT molecular complexity index is 986. The van der Waals surface area contributed by atoms with Crippen molar-refractivity contribution in [2.24, 2.45) is 5.41 Å². The lowest BCUT2D eigenvalue weighted by Crippen LogP contribution is -2.51. The zero-order valence-corrected chi connectivity index (χ0v) is 17.3. The molecule has 2 heterocycles. The average Bonchev–Trinajstić information content (AvgIpc) is 2.66. The third-order valence-electron chi connectivity index (χ3n) is 5.94. The number of ketones is 1. The fourth-order valence-corrected chi connectivity index (χ4v) is 4.80. The van der Waals surface area contributed by atoms with Crippen molar-refractivity contribution in [1.29, 1.82) is 0 Å². The van der Waals surface area contributed by atoms with Gasteiger partial charge in [0.1, 0.15) is 5.70 Å². The summed E-state index contributed by atoms with van der Waals surface area (Å²) < 4.78 is 5.09. The van der Waals surface area contributed by atoms with Gasteiger partial charge < -0.3 is 15.0 Å². The molecule has 1 N–H and O–H groups in total. The van der Waals surface area contributed by atoms with Crippen molar-refractivity contribution in [2.75, 3.05) is 20.2 Å². The van der Waals surface area contributed by atoms with E-state index in [0.29, 0.717) is 37.2 Å². The highest BCUT2D eigenvalue weighted by Gasteiger charge is 2.48. The number of aryl methyl sites for hydroxylation is 1. The Hall–Kier alpha value is -2.89. The van der Waals surface area contributed by atoms with Crippen molar-refractivity contribution >= 4 is 17.7 Å². The first-order valence-electron chi connectivity index (χ1n) is 9.94. The normalized spacial score (nSPS) is 23.4. The molecule has 6 nitrogen and oxygen atoms in total. The number of nitrogens with one attached hydrogen (secondary N) is 1. The molecule has 1 saturated heterocycles. The molecule has 0 saturated carbocycles. The molecule has 1 aromatic rings. The summed E-state index contributed by atoms with van der Waals surface area (Å²) in [6.45, 7) is 7.11. The largest absolute Gasteiger partial charge is 0.466 e. The number of Topliss-reactive ketones (excluding diaryl/α,β-unsaturated/α-hetero) is 1. The summed E-state index contributed by atoms with van der Waals surface area (Å²) in [4.78, 5) is 41.1. The Morgan fingerprint density at radius 3 is 2.69 bits per heavy atom. The number of carbonyl (C=O) groups is 3. The Labute approximate surface area is 170 Å². The van der Waals surface area contributed by atoms with Crippen LogP contribution in [0.25, 0.3) is 0 Å². The van der Waals surface area contributed by atoms with E-state index in [0.717, 1.165) is 16.8 Å². The summed E-state index contributed by atoms with van der Waals surface area (Å²) >= 11 is 0. The zero-order valence-electron chi connectivity index (χ0n) is 17.3. The number of carbonyl (C=O) groups excluding carboxylic acids is 3. The molecule has 4 rings (SSSR count). The van der Waals surface area contributed by atoms with Crippen LogP contribution in [0.5, 0.6) is 0 Å².